The van der Waals surface area contributed by atoms with Crippen LogP contribution in [0, 0.1) is 6.92 Å². The van der Waals surface area contributed by atoms with E-state index in [4.69, 9.17) is 9.97 Å². The Bertz CT molecular complexity index is 851. The average molecular weight is 437 g/mol. The molecular formula is C26H40N6. The Balaban J connectivity index is 1.39. The number of rotatable bonds is 9. The molecule has 2 fully saturated rings. The SMILES string of the molecule is CCc1c(C)nc(-c2ccc(N3CCN(C)CC3)cc2)nc1NCCCCN1CCCC1. The normalized spacial score (nSPS) is 17.8. The highest BCUT2D eigenvalue weighted by molar-refractivity contribution is 5.63. The lowest BCUT2D eigenvalue weighted by Gasteiger charge is -2.34. The molecule has 2 aliphatic rings. The van der Waals surface area contributed by atoms with Crippen molar-refractivity contribution in [1.29, 1.82) is 0 Å². The van der Waals surface area contributed by atoms with E-state index < -0.39 is 0 Å². The molecule has 1 N–H and O–H groups in total. The first-order chi connectivity index (χ1) is 15.6. The van der Waals surface area contributed by atoms with Crippen molar-refractivity contribution in [2.45, 2.75) is 46.0 Å². The van der Waals surface area contributed by atoms with Crippen molar-refractivity contribution < 1.29 is 0 Å². The van der Waals surface area contributed by atoms with E-state index in [0.29, 0.717) is 0 Å². The van der Waals surface area contributed by atoms with Gasteiger partial charge in [-0.25, -0.2) is 9.97 Å². The van der Waals surface area contributed by atoms with Crippen molar-refractivity contribution in [3.63, 3.8) is 0 Å². The fraction of sp³-hybridized carbons (Fsp3) is 0.615. The Kier molecular flexibility index (Phi) is 7.98. The van der Waals surface area contributed by atoms with Gasteiger partial charge in [0.15, 0.2) is 5.82 Å². The summed E-state index contributed by atoms with van der Waals surface area (Å²) < 4.78 is 0. The highest BCUT2D eigenvalue weighted by atomic mass is 15.2. The van der Waals surface area contributed by atoms with Gasteiger partial charge in [-0.2, -0.15) is 0 Å². The number of piperazine rings is 1. The third kappa shape index (κ3) is 5.78. The summed E-state index contributed by atoms with van der Waals surface area (Å²) >= 11 is 0. The van der Waals surface area contributed by atoms with Crippen LogP contribution in [0.5, 0.6) is 0 Å². The maximum atomic E-state index is 4.95. The summed E-state index contributed by atoms with van der Waals surface area (Å²) in [6.45, 7) is 13.5. The first-order valence-corrected chi connectivity index (χ1v) is 12.5. The number of hydrogen-bond donors (Lipinski definition) is 1. The summed E-state index contributed by atoms with van der Waals surface area (Å²) in [6.07, 6.45) is 6.12. The highest BCUT2D eigenvalue weighted by Crippen LogP contribution is 2.25. The van der Waals surface area contributed by atoms with Crippen LogP contribution in [0.25, 0.3) is 11.4 Å². The van der Waals surface area contributed by atoms with E-state index in [2.05, 4.69) is 65.2 Å². The predicted octanol–water partition coefficient (Wildman–Crippen LogP) is 4.05. The number of nitrogens with zero attached hydrogens (tertiary/aromatic N) is 5. The van der Waals surface area contributed by atoms with Gasteiger partial charge in [0.25, 0.3) is 0 Å². The Hall–Kier alpha value is -2.18. The minimum Gasteiger partial charge on any atom is -0.370 e. The number of aryl methyl sites for hydroxylation is 1. The second-order valence-corrected chi connectivity index (χ2v) is 9.33. The monoisotopic (exact) mass is 436 g/mol. The number of likely N-dealkylation sites (N-methyl/N-ethyl adjacent to an activating group) is 1. The molecule has 6 nitrogen and oxygen atoms in total. The highest BCUT2D eigenvalue weighted by Gasteiger charge is 2.16. The molecular weight excluding hydrogens is 396 g/mol. The van der Waals surface area contributed by atoms with Crippen LogP contribution in [0.4, 0.5) is 11.5 Å². The van der Waals surface area contributed by atoms with Gasteiger partial charge in [-0.1, -0.05) is 6.92 Å². The third-order valence-electron chi connectivity index (χ3n) is 6.95. The summed E-state index contributed by atoms with van der Waals surface area (Å²) in [5.41, 5.74) is 4.70. The van der Waals surface area contributed by atoms with Gasteiger partial charge in [0.2, 0.25) is 0 Å². The van der Waals surface area contributed by atoms with Crippen LogP contribution in [0.15, 0.2) is 24.3 Å². The zero-order chi connectivity index (χ0) is 22.3. The topological polar surface area (TPSA) is 47.5 Å². The number of nitrogens with one attached hydrogen (secondary N) is 1. The number of benzene rings is 1. The quantitative estimate of drug-likeness (QED) is 0.599. The second kappa shape index (κ2) is 11.1. The molecule has 0 unspecified atom stereocenters. The Morgan fingerprint density at radius 1 is 0.906 bits per heavy atom. The first-order valence-electron chi connectivity index (χ1n) is 12.5. The van der Waals surface area contributed by atoms with E-state index in [1.165, 1.54) is 56.6 Å². The number of hydrogen-bond acceptors (Lipinski definition) is 6. The van der Waals surface area contributed by atoms with Crippen LogP contribution < -0.4 is 10.2 Å². The molecule has 4 rings (SSSR count). The Morgan fingerprint density at radius 3 is 2.31 bits per heavy atom. The first kappa shape index (κ1) is 23.0. The van der Waals surface area contributed by atoms with E-state index in [0.717, 1.165) is 62.0 Å². The standard InChI is InChI=1S/C26H40N6/c1-4-24-21(2)28-25(29-26(24)27-13-5-6-14-31-15-7-8-16-31)22-9-11-23(12-10-22)32-19-17-30(3)18-20-32/h9-12H,4-8,13-20H2,1-3H3,(H,27,28,29). The molecule has 0 aliphatic carbocycles. The van der Waals surface area contributed by atoms with Crippen molar-refractivity contribution in [2.75, 3.05) is 69.6 Å². The summed E-state index contributed by atoms with van der Waals surface area (Å²) in [4.78, 5) is 17.2. The molecule has 6 heteroatoms. The molecule has 2 aliphatic heterocycles. The zero-order valence-corrected chi connectivity index (χ0v) is 20.2. The van der Waals surface area contributed by atoms with E-state index in [9.17, 15) is 0 Å². The summed E-state index contributed by atoms with van der Waals surface area (Å²) in [5, 5.41) is 3.63. The number of anilines is 2. The molecule has 0 saturated carbocycles. The lowest BCUT2D eigenvalue weighted by Crippen LogP contribution is -2.44. The maximum absolute atomic E-state index is 4.95. The molecule has 0 atom stereocenters. The maximum Gasteiger partial charge on any atom is 0.161 e. The van der Waals surface area contributed by atoms with Gasteiger partial charge < -0.3 is 20.0 Å². The smallest absolute Gasteiger partial charge is 0.161 e. The summed E-state index contributed by atoms with van der Waals surface area (Å²) in [6, 6.07) is 8.79. The van der Waals surface area contributed by atoms with Crippen molar-refractivity contribution >= 4 is 11.5 Å². The van der Waals surface area contributed by atoms with Gasteiger partial charge in [-0.3, -0.25) is 0 Å². The zero-order valence-electron chi connectivity index (χ0n) is 20.2. The van der Waals surface area contributed by atoms with Gasteiger partial charge in [-0.05, 0) is 90.0 Å². The molecule has 0 amide bonds. The van der Waals surface area contributed by atoms with Gasteiger partial charge in [0.1, 0.15) is 5.82 Å². The third-order valence-corrected chi connectivity index (χ3v) is 6.95. The van der Waals surface area contributed by atoms with E-state index in [1.807, 2.05) is 0 Å². The molecule has 0 spiro atoms. The molecule has 32 heavy (non-hydrogen) atoms. The Morgan fingerprint density at radius 2 is 1.62 bits per heavy atom. The van der Waals surface area contributed by atoms with Gasteiger partial charge in [0.05, 0.1) is 0 Å². The molecule has 3 heterocycles. The van der Waals surface area contributed by atoms with Crippen molar-refractivity contribution in [2.24, 2.45) is 0 Å². The number of aromatic nitrogens is 2. The van der Waals surface area contributed by atoms with Crippen LogP contribution in [-0.4, -0.2) is 79.2 Å². The van der Waals surface area contributed by atoms with Crippen LogP contribution >= 0.6 is 0 Å². The van der Waals surface area contributed by atoms with Gasteiger partial charge in [-0.15, -0.1) is 0 Å². The van der Waals surface area contributed by atoms with Crippen LogP contribution in [0.3, 0.4) is 0 Å². The largest absolute Gasteiger partial charge is 0.370 e. The summed E-state index contributed by atoms with van der Waals surface area (Å²) in [5.74, 6) is 1.84. The number of unbranched alkanes of at least 4 members (excludes halogenated alkanes) is 1. The fourth-order valence-corrected chi connectivity index (χ4v) is 4.85. The number of likely N-dealkylation sites (tertiary alicyclic amines) is 1. The molecule has 0 radical (unpaired) electrons. The van der Waals surface area contributed by atoms with E-state index >= 15 is 0 Å². The minimum absolute atomic E-state index is 0.823. The lowest BCUT2D eigenvalue weighted by molar-refractivity contribution is 0.313. The van der Waals surface area contributed by atoms with Crippen molar-refractivity contribution in [3.05, 3.63) is 35.5 Å². The fourth-order valence-electron chi connectivity index (χ4n) is 4.85. The van der Waals surface area contributed by atoms with Crippen LogP contribution in [-0.2, 0) is 6.42 Å². The van der Waals surface area contributed by atoms with Crippen molar-refractivity contribution in [1.82, 2.24) is 19.8 Å². The van der Waals surface area contributed by atoms with Crippen LogP contribution in [0.2, 0.25) is 0 Å². The molecule has 0 bridgehead atoms. The molecule has 1 aromatic heterocycles. The average Bonchev–Trinajstić information content (AvgIpc) is 3.33. The molecule has 1 aromatic carbocycles. The van der Waals surface area contributed by atoms with E-state index in [-0.39, 0.29) is 0 Å². The Labute approximate surface area is 194 Å². The van der Waals surface area contributed by atoms with Gasteiger partial charge in [0, 0.05) is 55.2 Å². The minimum atomic E-state index is 0.823. The summed E-state index contributed by atoms with van der Waals surface area (Å²) in [7, 11) is 2.19. The second-order valence-electron chi connectivity index (χ2n) is 9.33. The molecule has 2 saturated heterocycles. The van der Waals surface area contributed by atoms with Crippen LogP contribution in [0.1, 0.15) is 43.9 Å². The van der Waals surface area contributed by atoms with Gasteiger partial charge >= 0.3 is 0 Å². The predicted molar refractivity (Wildman–Crippen MR) is 135 cm³/mol. The van der Waals surface area contributed by atoms with Crippen molar-refractivity contribution in [3.8, 4) is 11.4 Å². The molecule has 174 valence electrons. The molecule has 2 aromatic rings. The lowest BCUT2D eigenvalue weighted by atomic mass is 10.1. The van der Waals surface area contributed by atoms with E-state index in [1.54, 1.807) is 0 Å².